The Morgan fingerprint density at radius 3 is 2.38 bits per heavy atom. The number of thiophene rings is 1. The molecule has 0 atom stereocenters. The van der Waals surface area contributed by atoms with Crippen molar-refractivity contribution in [1.29, 1.82) is 0 Å². The zero-order valence-corrected chi connectivity index (χ0v) is 19.9. The normalized spacial score (nSPS) is 10.4. The Morgan fingerprint density at radius 1 is 1.03 bits per heavy atom. The van der Waals surface area contributed by atoms with Crippen LogP contribution in [0.25, 0.3) is 0 Å². The average molecular weight is 464 g/mol. The fourth-order valence-corrected chi connectivity index (χ4v) is 4.32. The Hall–Kier alpha value is -3.07. The van der Waals surface area contributed by atoms with Crippen LogP contribution < -0.4 is 14.8 Å². The summed E-state index contributed by atoms with van der Waals surface area (Å²) in [6.45, 7) is 5.34. The van der Waals surface area contributed by atoms with Gasteiger partial charge in [-0.15, -0.1) is 11.3 Å². The Labute approximate surface area is 191 Å². The third-order valence-corrected chi connectivity index (χ3v) is 5.79. The van der Waals surface area contributed by atoms with Crippen LogP contribution in [0, 0.1) is 6.92 Å². The number of nitrogens with one attached hydrogen (secondary N) is 1. The Balaban J connectivity index is 1.92. The zero-order chi connectivity index (χ0) is 23.7. The minimum absolute atomic E-state index is 0.106. The van der Waals surface area contributed by atoms with Crippen molar-refractivity contribution < 1.29 is 33.3 Å². The molecule has 0 fully saturated rings. The number of hydrogen-bond acceptors (Lipinski definition) is 8. The van der Waals surface area contributed by atoms with Gasteiger partial charge in [-0.2, -0.15) is 0 Å². The van der Waals surface area contributed by atoms with Crippen LogP contribution in [0.2, 0.25) is 0 Å². The van der Waals surface area contributed by atoms with Gasteiger partial charge in [0.15, 0.2) is 18.1 Å². The quantitative estimate of drug-likeness (QED) is 0.504. The highest BCUT2D eigenvalue weighted by molar-refractivity contribution is 7.16. The number of benzene rings is 1. The predicted octanol–water partition coefficient (Wildman–Crippen LogP) is 3.93. The molecule has 1 aromatic heterocycles. The first-order chi connectivity index (χ1) is 15.3. The monoisotopic (exact) mass is 463 g/mol. The largest absolute Gasteiger partial charge is 0.493 e. The molecule has 2 aromatic rings. The topological polar surface area (TPSA) is 100 Å². The molecule has 0 saturated heterocycles. The van der Waals surface area contributed by atoms with Gasteiger partial charge in [-0.3, -0.25) is 9.59 Å². The molecule has 0 aliphatic carbocycles. The van der Waals surface area contributed by atoms with Crippen LogP contribution in [0.1, 0.15) is 46.6 Å². The fourth-order valence-electron chi connectivity index (χ4n) is 3.18. The SMILES string of the molecule is CCOC(=O)c1c(NC(=O)COC(=O)CCc2ccc(OC)c(OC)c2)sc(C)c1CC. The third kappa shape index (κ3) is 6.46. The van der Waals surface area contributed by atoms with E-state index >= 15 is 0 Å². The van der Waals surface area contributed by atoms with Crippen LogP contribution in [0.15, 0.2) is 18.2 Å². The van der Waals surface area contributed by atoms with E-state index in [9.17, 15) is 14.4 Å². The summed E-state index contributed by atoms with van der Waals surface area (Å²) >= 11 is 1.30. The summed E-state index contributed by atoms with van der Waals surface area (Å²) in [5.74, 6) is -0.312. The molecule has 8 nitrogen and oxygen atoms in total. The number of ether oxygens (including phenoxy) is 4. The van der Waals surface area contributed by atoms with E-state index < -0.39 is 24.5 Å². The van der Waals surface area contributed by atoms with Gasteiger partial charge in [0.25, 0.3) is 5.91 Å². The molecule has 0 radical (unpaired) electrons. The van der Waals surface area contributed by atoms with Gasteiger partial charge in [-0.1, -0.05) is 13.0 Å². The first-order valence-corrected chi connectivity index (χ1v) is 11.1. The molecule has 1 amide bonds. The van der Waals surface area contributed by atoms with Crippen LogP contribution in [0.5, 0.6) is 11.5 Å². The third-order valence-electron chi connectivity index (χ3n) is 4.73. The molecule has 0 spiro atoms. The van der Waals surface area contributed by atoms with Gasteiger partial charge in [-0.25, -0.2) is 4.79 Å². The molecule has 1 N–H and O–H groups in total. The van der Waals surface area contributed by atoms with Crippen LogP contribution in [-0.4, -0.2) is 45.3 Å². The van der Waals surface area contributed by atoms with Gasteiger partial charge in [0.05, 0.1) is 26.4 Å². The summed E-state index contributed by atoms with van der Waals surface area (Å²) in [6.07, 6.45) is 1.17. The zero-order valence-electron chi connectivity index (χ0n) is 19.0. The van der Waals surface area contributed by atoms with Crippen molar-refractivity contribution in [3.8, 4) is 11.5 Å². The van der Waals surface area contributed by atoms with Gasteiger partial charge in [0.2, 0.25) is 0 Å². The minimum Gasteiger partial charge on any atom is -0.493 e. The van der Waals surface area contributed by atoms with E-state index in [0.29, 0.717) is 34.9 Å². The lowest BCUT2D eigenvalue weighted by Gasteiger charge is -2.10. The Morgan fingerprint density at radius 2 is 1.75 bits per heavy atom. The number of anilines is 1. The molecule has 32 heavy (non-hydrogen) atoms. The second-order valence-electron chi connectivity index (χ2n) is 6.81. The van der Waals surface area contributed by atoms with Gasteiger partial charge < -0.3 is 24.3 Å². The second kappa shape index (κ2) is 12.1. The molecule has 0 unspecified atom stereocenters. The second-order valence-corrected chi connectivity index (χ2v) is 8.04. The highest BCUT2D eigenvalue weighted by Crippen LogP contribution is 2.34. The number of methoxy groups -OCH3 is 2. The van der Waals surface area contributed by atoms with Crippen LogP contribution in [0.4, 0.5) is 5.00 Å². The number of hydrogen-bond donors (Lipinski definition) is 1. The van der Waals surface area contributed by atoms with Crippen molar-refractivity contribution in [1.82, 2.24) is 0 Å². The number of esters is 2. The molecule has 9 heteroatoms. The molecule has 0 aliphatic rings. The van der Waals surface area contributed by atoms with Crippen molar-refractivity contribution in [3.05, 3.63) is 39.8 Å². The summed E-state index contributed by atoms with van der Waals surface area (Å²) in [4.78, 5) is 37.7. The Bertz CT molecular complexity index is 967. The van der Waals surface area contributed by atoms with E-state index in [1.165, 1.54) is 11.3 Å². The highest BCUT2D eigenvalue weighted by atomic mass is 32.1. The number of carbonyl (C=O) groups is 3. The van der Waals surface area contributed by atoms with Crippen LogP contribution in [0.3, 0.4) is 0 Å². The molecule has 174 valence electrons. The maximum Gasteiger partial charge on any atom is 0.341 e. The Kier molecular flexibility index (Phi) is 9.52. The summed E-state index contributed by atoms with van der Waals surface area (Å²) in [5.41, 5.74) is 2.09. The minimum atomic E-state index is -0.515. The average Bonchev–Trinajstić information content (AvgIpc) is 3.10. The number of amides is 1. The molecular formula is C23H29NO7S. The van der Waals surface area contributed by atoms with Crippen molar-refractivity contribution in [2.75, 3.05) is 32.8 Å². The molecule has 1 aromatic carbocycles. The van der Waals surface area contributed by atoms with E-state index in [4.69, 9.17) is 18.9 Å². The standard InChI is InChI=1S/C23H29NO7S/c1-6-16-14(3)32-22(21(16)23(27)30-7-2)24-19(25)13-31-20(26)11-9-15-8-10-17(28-4)18(12-15)29-5/h8,10,12H,6-7,9,11,13H2,1-5H3,(H,24,25). The van der Waals surface area contributed by atoms with Gasteiger partial charge in [0.1, 0.15) is 5.00 Å². The highest BCUT2D eigenvalue weighted by Gasteiger charge is 2.23. The maximum absolute atomic E-state index is 12.3. The van der Waals surface area contributed by atoms with E-state index in [1.54, 1.807) is 33.3 Å². The van der Waals surface area contributed by atoms with Crippen molar-refractivity contribution in [3.63, 3.8) is 0 Å². The predicted molar refractivity (Wildman–Crippen MR) is 122 cm³/mol. The van der Waals surface area contributed by atoms with E-state index in [1.807, 2.05) is 19.9 Å². The lowest BCUT2D eigenvalue weighted by atomic mass is 10.1. The molecule has 0 aliphatic heterocycles. The maximum atomic E-state index is 12.3. The summed E-state index contributed by atoms with van der Waals surface area (Å²) in [7, 11) is 3.09. The number of rotatable bonds is 11. The molecule has 2 rings (SSSR count). The summed E-state index contributed by atoms with van der Waals surface area (Å²) in [5, 5.41) is 3.08. The fraction of sp³-hybridized carbons (Fsp3) is 0.435. The van der Waals surface area contributed by atoms with Crippen LogP contribution in [-0.2, 0) is 31.9 Å². The molecule has 1 heterocycles. The molecule has 0 bridgehead atoms. The van der Waals surface area contributed by atoms with E-state index in [-0.39, 0.29) is 13.0 Å². The van der Waals surface area contributed by atoms with E-state index in [0.717, 1.165) is 16.0 Å². The first kappa shape index (κ1) is 25.2. The lowest BCUT2D eigenvalue weighted by molar-refractivity contribution is -0.147. The van der Waals surface area contributed by atoms with Gasteiger partial charge in [-0.05, 0) is 49.9 Å². The van der Waals surface area contributed by atoms with Crippen molar-refractivity contribution >= 4 is 34.2 Å². The van der Waals surface area contributed by atoms with Gasteiger partial charge in [0, 0.05) is 11.3 Å². The molecule has 0 saturated carbocycles. The first-order valence-electron chi connectivity index (χ1n) is 10.3. The van der Waals surface area contributed by atoms with Crippen LogP contribution >= 0.6 is 11.3 Å². The summed E-state index contributed by atoms with van der Waals surface area (Å²) < 4.78 is 20.7. The number of carbonyl (C=O) groups excluding carboxylic acids is 3. The summed E-state index contributed by atoms with van der Waals surface area (Å²) in [6, 6.07) is 5.39. The smallest absolute Gasteiger partial charge is 0.341 e. The van der Waals surface area contributed by atoms with Gasteiger partial charge >= 0.3 is 11.9 Å². The lowest BCUT2D eigenvalue weighted by Crippen LogP contribution is -2.22. The van der Waals surface area contributed by atoms with E-state index in [2.05, 4.69) is 5.32 Å². The molecular weight excluding hydrogens is 434 g/mol. The van der Waals surface area contributed by atoms with Crippen molar-refractivity contribution in [2.24, 2.45) is 0 Å². The van der Waals surface area contributed by atoms with Crippen molar-refractivity contribution in [2.45, 2.75) is 40.0 Å². The number of aryl methyl sites for hydroxylation is 2.